The molecule has 0 unspecified atom stereocenters. The highest BCUT2D eigenvalue weighted by atomic mass is 79.9. The fourth-order valence-corrected chi connectivity index (χ4v) is 4.01. The maximum absolute atomic E-state index is 13.3. The number of halogens is 2. The van der Waals surface area contributed by atoms with Crippen LogP contribution in [-0.4, -0.2) is 42.2 Å². The fourth-order valence-electron chi connectivity index (χ4n) is 3.43. The van der Waals surface area contributed by atoms with E-state index in [4.69, 9.17) is 11.6 Å². The third-order valence-electron chi connectivity index (χ3n) is 5.10. The largest absolute Gasteiger partial charge is 0.348 e. The molecule has 0 aromatic carbocycles. The number of carbonyl (C=O) groups excluding carboxylic acids is 2. The zero-order chi connectivity index (χ0) is 22.4. The maximum Gasteiger partial charge on any atom is 0.274 e. The zero-order valence-corrected chi connectivity index (χ0v) is 19.2. The Hall–Kier alpha value is -3.24. The second kappa shape index (κ2) is 8.03. The molecule has 0 aliphatic heterocycles. The number of aryl methyl sites for hydroxylation is 1. The monoisotopic (exact) mass is 513 g/mol. The number of pyridine rings is 2. The van der Waals surface area contributed by atoms with Gasteiger partial charge in [0.2, 0.25) is 0 Å². The van der Waals surface area contributed by atoms with Crippen LogP contribution in [0.25, 0.3) is 11.3 Å². The lowest BCUT2D eigenvalue weighted by Crippen LogP contribution is -2.30. The van der Waals surface area contributed by atoms with E-state index >= 15 is 0 Å². The molecule has 32 heavy (non-hydrogen) atoms. The van der Waals surface area contributed by atoms with E-state index in [2.05, 4.69) is 41.7 Å². The molecule has 0 spiro atoms. The maximum atomic E-state index is 13.3. The molecule has 1 aliphatic rings. The highest BCUT2D eigenvalue weighted by molar-refractivity contribution is 9.10. The molecule has 1 fully saturated rings. The lowest BCUT2D eigenvalue weighted by molar-refractivity contribution is 0.0944. The molecule has 9 nitrogen and oxygen atoms in total. The van der Waals surface area contributed by atoms with E-state index in [-0.39, 0.29) is 23.3 Å². The first kappa shape index (κ1) is 20.7. The summed E-state index contributed by atoms with van der Waals surface area (Å²) in [6.45, 7) is 1.83. The number of nitrogens with one attached hydrogen (secondary N) is 2. The van der Waals surface area contributed by atoms with Crippen molar-refractivity contribution in [1.29, 1.82) is 0 Å². The number of carbonyl (C=O) groups is 2. The van der Waals surface area contributed by atoms with Gasteiger partial charge in [-0.25, -0.2) is 14.2 Å². The number of rotatable bonds is 5. The molecule has 0 bridgehead atoms. The van der Waals surface area contributed by atoms with Gasteiger partial charge in [-0.15, -0.1) is 0 Å². The molecule has 4 heterocycles. The van der Waals surface area contributed by atoms with Crippen LogP contribution >= 0.6 is 27.5 Å². The minimum absolute atomic E-state index is 0.154. The number of amides is 2. The van der Waals surface area contributed by atoms with Crippen molar-refractivity contribution in [1.82, 2.24) is 29.7 Å². The Bertz CT molecular complexity index is 1380. The summed E-state index contributed by atoms with van der Waals surface area (Å²) in [5, 5.41) is 14.8. The minimum atomic E-state index is -0.472. The van der Waals surface area contributed by atoms with Crippen molar-refractivity contribution in [3.8, 4) is 5.82 Å². The van der Waals surface area contributed by atoms with E-state index in [1.165, 1.54) is 9.20 Å². The van der Waals surface area contributed by atoms with E-state index in [0.29, 0.717) is 21.1 Å². The summed E-state index contributed by atoms with van der Waals surface area (Å²) >= 11 is 9.58. The second-order valence-corrected chi connectivity index (χ2v) is 8.71. The SMILES string of the molecule is Cc1cc2ccnn2c(C(=O)NC2CC2)c1NC(=O)c1cc(Br)nn1-c1ncccc1Cl. The van der Waals surface area contributed by atoms with Crippen LogP contribution in [-0.2, 0) is 0 Å². The van der Waals surface area contributed by atoms with Gasteiger partial charge in [0.15, 0.2) is 11.5 Å². The van der Waals surface area contributed by atoms with Gasteiger partial charge >= 0.3 is 0 Å². The first-order chi connectivity index (χ1) is 15.4. The van der Waals surface area contributed by atoms with Crippen LogP contribution in [0.2, 0.25) is 5.02 Å². The van der Waals surface area contributed by atoms with Crippen molar-refractivity contribution in [2.75, 3.05) is 5.32 Å². The summed E-state index contributed by atoms with van der Waals surface area (Å²) in [5.74, 6) is -0.446. The average molecular weight is 515 g/mol. The Morgan fingerprint density at radius 1 is 1.19 bits per heavy atom. The summed E-state index contributed by atoms with van der Waals surface area (Å²) in [6, 6.07) is 8.74. The van der Waals surface area contributed by atoms with Crippen LogP contribution in [0.3, 0.4) is 0 Å². The smallest absolute Gasteiger partial charge is 0.274 e. The third kappa shape index (κ3) is 3.76. The van der Waals surface area contributed by atoms with Gasteiger partial charge in [0, 0.05) is 18.3 Å². The van der Waals surface area contributed by atoms with Crippen molar-refractivity contribution in [2.45, 2.75) is 25.8 Å². The van der Waals surface area contributed by atoms with Crippen molar-refractivity contribution in [3.63, 3.8) is 0 Å². The van der Waals surface area contributed by atoms with E-state index in [9.17, 15) is 9.59 Å². The summed E-state index contributed by atoms with van der Waals surface area (Å²) < 4.78 is 3.33. The van der Waals surface area contributed by atoms with Crippen LogP contribution in [0.5, 0.6) is 0 Å². The van der Waals surface area contributed by atoms with Crippen molar-refractivity contribution in [2.24, 2.45) is 0 Å². The molecule has 0 atom stereocenters. The number of hydrogen-bond acceptors (Lipinski definition) is 5. The zero-order valence-electron chi connectivity index (χ0n) is 16.8. The summed E-state index contributed by atoms with van der Waals surface area (Å²) in [5.41, 5.74) is 2.33. The highest BCUT2D eigenvalue weighted by Gasteiger charge is 2.28. The average Bonchev–Trinajstić information content (AvgIpc) is 3.30. The molecule has 4 aromatic rings. The molecule has 5 rings (SSSR count). The van der Waals surface area contributed by atoms with E-state index < -0.39 is 5.91 Å². The lowest BCUT2D eigenvalue weighted by atomic mass is 10.1. The van der Waals surface area contributed by atoms with E-state index in [1.807, 2.05) is 19.1 Å². The number of aromatic nitrogens is 5. The van der Waals surface area contributed by atoms with Gasteiger partial charge in [0.1, 0.15) is 10.3 Å². The molecular weight excluding hydrogens is 498 g/mol. The number of fused-ring (bicyclic) bond motifs is 1. The Labute approximate surface area is 195 Å². The van der Waals surface area contributed by atoms with Gasteiger partial charge in [-0.05, 0) is 65.5 Å². The van der Waals surface area contributed by atoms with Gasteiger partial charge in [-0.3, -0.25) is 9.59 Å². The Kier molecular flexibility index (Phi) is 5.18. The van der Waals surface area contributed by atoms with Crippen molar-refractivity contribution in [3.05, 3.63) is 69.3 Å². The third-order valence-corrected chi connectivity index (χ3v) is 5.78. The van der Waals surface area contributed by atoms with Crippen molar-refractivity contribution >= 4 is 50.5 Å². The quantitative estimate of drug-likeness (QED) is 0.422. The Morgan fingerprint density at radius 2 is 2.00 bits per heavy atom. The summed E-state index contributed by atoms with van der Waals surface area (Å²) in [7, 11) is 0. The van der Waals surface area contributed by atoms with Crippen LogP contribution in [0, 0.1) is 6.92 Å². The number of hydrogen-bond donors (Lipinski definition) is 2. The van der Waals surface area contributed by atoms with Crippen LogP contribution in [0.4, 0.5) is 5.69 Å². The predicted molar refractivity (Wildman–Crippen MR) is 122 cm³/mol. The summed E-state index contributed by atoms with van der Waals surface area (Å²) in [6.07, 6.45) is 5.07. The van der Waals surface area contributed by atoms with Gasteiger partial charge in [-0.2, -0.15) is 10.2 Å². The first-order valence-corrected chi connectivity index (χ1v) is 11.1. The topological polar surface area (TPSA) is 106 Å². The van der Waals surface area contributed by atoms with Gasteiger partial charge < -0.3 is 10.6 Å². The molecule has 1 aliphatic carbocycles. The van der Waals surface area contributed by atoms with Crippen molar-refractivity contribution < 1.29 is 9.59 Å². The predicted octanol–water partition coefficient (Wildman–Crippen LogP) is 3.78. The van der Waals surface area contributed by atoms with Crippen LogP contribution in [0.1, 0.15) is 39.4 Å². The van der Waals surface area contributed by atoms with Crippen LogP contribution in [0.15, 0.2) is 47.3 Å². The number of nitrogens with zero attached hydrogens (tertiary/aromatic N) is 5. The molecule has 0 radical (unpaired) electrons. The minimum Gasteiger partial charge on any atom is -0.348 e. The normalized spacial score (nSPS) is 13.3. The van der Waals surface area contributed by atoms with E-state index in [0.717, 1.165) is 23.9 Å². The first-order valence-electron chi connectivity index (χ1n) is 9.88. The highest BCUT2D eigenvalue weighted by Crippen LogP contribution is 2.27. The molecule has 4 aromatic heterocycles. The van der Waals surface area contributed by atoms with Gasteiger partial charge in [0.05, 0.1) is 22.4 Å². The van der Waals surface area contributed by atoms with Crippen LogP contribution < -0.4 is 10.6 Å². The fraction of sp³-hybridized carbons (Fsp3) is 0.190. The molecular formula is C21H17BrClN7O2. The molecule has 2 N–H and O–H groups in total. The Morgan fingerprint density at radius 3 is 2.75 bits per heavy atom. The Balaban J connectivity index is 1.57. The molecule has 11 heteroatoms. The molecule has 1 saturated carbocycles. The molecule has 162 valence electrons. The lowest BCUT2D eigenvalue weighted by Gasteiger charge is -2.16. The molecule has 0 saturated heterocycles. The second-order valence-electron chi connectivity index (χ2n) is 7.49. The number of anilines is 1. The molecule has 2 amide bonds. The van der Waals surface area contributed by atoms with E-state index in [1.54, 1.807) is 30.6 Å². The van der Waals surface area contributed by atoms with Gasteiger partial charge in [0.25, 0.3) is 11.8 Å². The standard InChI is InChI=1S/C21H17BrClN7O2/c1-11-9-13-6-8-25-29(13)18(21(32)26-12-4-5-12)17(11)27-20(31)15-10-16(22)28-30(15)19-14(23)3-2-7-24-19/h2-3,6-10,12H,4-5H2,1H3,(H,26,32)(H,27,31). The van der Waals surface area contributed by atoms with Gasteiger partial charge in [-0.1, -0.05) is 11.6 Å². The summed E-state index contributed by atoms with van der Waals surface area (Å²) in [4.78, 5) is 30.6.